The third-order valence-electron chi connectivity index (χ3n) is 2.20. The SMILES string of the molecule is CCOCCC(=O)Nc1ccc(F)cc1C(N)=S. The van der Waals surface area contributed by atoms with Crippen molar-refractivity contribution in [3.8, 4) is 0 Å². The lowest BCUT2D eigenvalue weighted by molar-refractivity contribution is -0.117. The molecule has 0 saturated heterocycles. The number of rotatable bonds is 6. The molecule has 0 bridgehead atoms. The van der Waals surface area contributed by atoms with Crippen molar-refractivity contribution in [3.05, 3.63) is 29.6 Å². The molecule has 0 fully saturated rings. The average Bonchev–Trinajstić information content (AvgIpc) is 2.31. The molecule has 0 atom stereocenters. The molecular weight excluding hydrogens is 255 g/mol. The van der Waals surface area contributed by atoms with Gasteiger partial charge in [-0.2, -0.15) is 0 Å². The summed E-state index contributed by atoms with van der Waals surface area (Å²) >= 11 is 4.80. The van der Waals surface area contributed by atoms with Crippen LogP contribution in [-0.2, 0) is 9.53 Å². The van der Waals surface area contributed by atoms with Gasteiger partial charge in [0.2, 0.25) is 5.91 Å². The molecule has 98 valence electrons. The highest BCUT2D eigenvalue weighted by Crippen LogP contribution is 2.17. The molecule has 0 saturated carbocycles. The minimum absolute atomic E-state index is 0.0367. The van der Waals surface area contributed by atoms with Crippen LogP contribution in [-0.4, -0.2) is 24.1 Å². The van der Waals surface area contributed by atoms with Gasteiger partial charge in [0.1, 0.15) is 10.8 Å². The van der Waals surface area contributed by atoms with E-state index in [0.29, 0.717) is 24.5 Å². The summed E-state index contributed by atoms with van der Waals surface area (Å²) in [4.78, 5) is 11.6. The normalized spacial score (nSPS) is 10.1. The molecule has 0 aliphatic rings. The lowest BCUT2D eigenvalue weighted by Gasteiger charge is -2.10. The van der Waals surface area contributed by atoms with Crippen LogP contribution in [0.3, 0.4) is 0 Å². The third kappa shape index (κ3) is 4.38. The Morgan fingerprint density at radius 3 is 2.89 bits per heavy atom. The van der Waals surface area contributed by atoms with Gasteiger partial charge in [0.25, 0.3) is 0 Å². The van der Waals surface area contributed by atoms with Crippen LogP contribution in [0, 0.1) is 5.82 Å². The van der Waals surface area contributed by atoms with Gasteiger partial charge in [-0.25, -0.2) is 4.39 Å². The van der Waals surface area contributed by atoms with Crippen molar-refractivity contribution in [2.75, 3.05) is 18.5 Å². The zero-order chi connectivity index (χ0) is 13.5. The van der Waals surface area contributed by atoms with E-state index < -0.39 is 5.82 Å². The van der Waals surface area contributed by atoms with Crippen LogP contribution in [0.1, 0.15) is 18.9 Å². The Labute approximate surface area is 110 Å². The molecule has 0 unspecified atom stereocenters. The standard InChI is InChI=1S/C12H15FN2O2S/c1-2-17-6-5-11(16)15-10-4-3-8(13)7-9(10)12(14)18/h3-4,7H,2,5-6H2,1H3,(H2,14,18)(H,15,16). The van der Waals surface area contributed by atoms with Crippen molar-refractivity contribution >= 4 is 28.8 Å². The van der Waals surface area contributed by atoms with Crippen molar-refractivity contribution < 1.29 is 13.9 Å². The molecule has 0 radical (unpaired) electrons. The van der Waals surface area contributed by atoms with Crippen molar-refractivity contribution in [2.24, 2.45) is 5.73 Å². The van der Waals surface area contributed by atoms with E-state index in [0.717, 1.165) is 0 Å². The van der Waals surface area contributed by atoms with Gasteiger partial charge in [-0.1, -0.05) is 12.2 Å². The van der Waals surface area contributed by atoms with E-state index in [4.69, 9.17) is 22.7 Å². The molecule has 6 heteroatoms. The van der Waals surface area contributed by atoms with Gasteiger partial charge in [-0.05, 0) is 25.1 Å². The molecule has 1 rings (SSSR count). The molecule has 0 spiro atoms. The molecule has 3 N–H and O–H groups in total. The van der Waals surface area contributed by atoms with E-state index in [-0.39, 0.29) is 17.3 Å². The van der Waals surface area contributed by atoms with Crippen molar-refractivity contribution in [1.29, 1.82) is 0 Å². The van der Waals surface area contributed by atoms with Gasteiger partial charge in [-0.3, -0.25) is 4.79 Å². The van der Waals surface area contributed by atoms with Crippen LogP contribution in [0.25, 0.3) is 0 Å². The molecular formula is C12H15FN2O2S. The Hall–Kier alpha value is -1.53. The number of anilines is 1. The average molecular weight is 270 g/mol. The number of hydrogen-bond donors (Lipinski definition) is 2. The number of nitrogens with one attached hydrogen (secondary N) is 1. The van der Waals surface area contributed by atoms with Gasteiger partial charge in [-0.15, -0.1) is 0 Å². The molecule has 1 aromatic carbocycles. The quantitative estimate of drug-likeness (QED) is 0.611. The summed E-state index contributed by atoms with van der Waals surface area (Å²) in [6.45, 7) is 2.75. The fraction of sp³-hybridized carbons (Fsp3) is 0.333. The Balaban J connectivity index is 2.72. The third-order valence-corrected chi connectivity index (χ3v) is 2.42. The zero-order valence-electron chi connectivity index (χ0n) is 10.0. The summed E-state index contributed by atoms with van der Waals surface area (Å²) in [7, 11) is 0. The van der Waals surface area contributed by atoms with Crippen LogP contribution >= 0.6 is 12.2 Å². The Bertz CT molecular complexity index is 452. The topological polar surface area (TPSA) is 64.3 Å². The lowest BCUT2D eigenvalue weighted by atomic mass is 10.1. The molecule has 0 aliphatic heterocycles. The first-order chi connectivity index (χ1) is 8.54. The Kier molecular flexibility index (Phi) is 5.67. The van der Waals surface area contributed by atoms with Gasteiger partial charge < -0.3 is 15.8 Å². The second kappa shape index (κ2) is 7.03. The summed E-state index contributed by atoms with van der Waals surface area (Å²) in [6.07, 6.45) is 0.224. The summed E-state index contributed by atoms with van der Waals surface area (Å²) in [5.74, 6) is -0.683. The number of carbonyl (C=O) groups is 1. The first kappa shape index (κ1) is 14.5. The highest BCUT2D eigenvalue weighted by Gasteiger charge is 2.09. The van der Waals surface area contributed by atoms with E-state index in [1.54, 1.807) is 0 Å². The minimum Gasteiger partial charge on any atom is -0.389 e. The van der Waals surface area contributed by atoms with Gasteiger partial charge in [0.05, 0.1) is 18.7 Å². The number of halogens is 1. The number of carbonyl (C=O) groups excluding carboxylic acids is 1. The van der Waals surface area contributed by atoms with E-state index in [1.807, 2.05) is 6.92 Å². The smallest absolute Gasteiger partial charge is 0.226 e. The van der Waals surface area contributed by atoms with Crippen molar-refractivity contribution in [2.45, 2.75) is 13.3 Å². The zero-order valence-corrected chi connectivity index (χ0v) is 10.8. The maximum Gasteiger partial charge on any atom is 0.226 e. The second-order valence-corrected chi connectivity index (χ2v) is 3.99. The predicted octanol–water partition coefficient (Wildman–Crippen LogP) is 1.83. The molecule has 4 nitrogen and oxygen atoms in total. The molecule has 0 heterocycles. The second-order valence-electron chi connectivity index (χ2n) is 3.55. The largest absolute Gasteiger partial charge is 0.389 e. The molecule has 1 aromatic rings. The number of thiocarbonyl (C=S) groups is 1. The van der Waals surface area contributed by atoms with E-state index in [1.165, 1.54) is 18.2 Å². The summed E-state index contributed by atoms with van der Waals surface area (Å²) < 4.78 is 18.1. The van der Waals surface area contributed by atoms with Crippen LogP contribution < -0.4 is 11.1 Å². The number of nitrogens with two attached hydrogens (primary N) is 1. The first-order valence-corrected chi connectivity index (χ1v) is 5.92. The van der Waals surface area contributed by atoms with Crippen molar-refractivity contribution in [1.82, 2.24) is 0 Å². The van der Waals surface area contributed by atoms with Crippen molar-refractivity contribution in [3.63, 3.8) is 0 Å². The monoisotopic (exact) mass is 270 g/mol. The Morgan fingerprint density at radius 1 is 1.56 bits per heavy atom. The predicted molar refractivity (Wildman–Crippen MR) is 72.0 cm³/mol. The van der Waals surface area contributed by atoms with Gasteiger partial charge in [0, 0.05) is 12.2 Å². The lowest BCUT2D eigenvalue weighted by Crippen LogP contribution is -2.18. The number of benzene rings is 1. The number of ether oxygens (including phenoxy) is 1. The minimum atomic E-state index is -0.454. The van der Waals surface area contributed by atoms with E-state index in [2.05, 4.69) is 5.32 Å². The molecule has 0 aliphatic carbocycles. The molecule has 0 aromatic heterocycles. The molecule has 1 amide bonds. The highest BCUT2D eigenvalue weighted by atomic mass is 32.1. The van der Waals surface area contributed by atoms with E-state index >= 15 is 0 Å². The maximum atomic E-state index is 13.0. The summed E-state index contributed by atoms with van der Waals surface area (Å²) in [6, 6.07) is 3.86. The Morgan fingerprint density at radius 2 is 2.28 bits per heavy atom. The first-order valence-electron chi connectivity index (χ1n) is 5.51. The van der Waals surface area contributed by atoms with E-state index in [9.17, 15) is 9.18 Å². The van der Waals surface area contributed by atoms with Crippen LogP contribution in [0.2, 0.25) is 0 Å². The van der Waals surface area contributed by atoms with Gasteiger partial charge >= 0.3 is 0 Å². The van der Waals surface area contributed by atoms with Crippen LogP contribution in [0.5, 0.6) is 0 Å². The summed E-state index contributed by atoms with van der Waals surface area (Å²) in [5.41, 5.74) is 6.19. The molecule has 18 heavy (non-hydrogen) atoms. The summed E-state index contributed by atoms with van der Waals surface area (Å²) in [5, 5.41) is 2.62. The fourth-order valence-electron chi connectivity index (χ4n) is 1.35. The number of hydrogen-bond acceptors (Lipinski definition) is 3. The van der Waals surface area contributed by atoms with Gasteiger partial charge in [0.15, 0.2) is 0 Å². The highest BCUT2D eigenvalue weighted by molar-refractivity contribution is 7.80. The van der Waals surface area contributed by atoms with Crippen LogP contribution in [0.15, 0.2) is 18.2 Å². The maximum absolute atomic E-state index is 13.0. The van der Waals surface area contributed by atoms with Crippen LogP contribution in [0.4, 0.5) is 10.1 Å². The fourth-order valence-corrected chi connectivity index (χ4v) is 1.52. The number of amides is 1.